The number of esters is 1. The molecule has 0 aliphatic heterocycles. The number of ketones is 1. The Balaban J connectivity index is 1.61. The van der Waals surface area contributed by atoms with Crippen LogP contribution >= 0.6 is 0 Å². The molecule has 8 nitrogen and oxygen atoms in total. The van der Waals surface area contributed by atoms with Crippen LogP contribution in [0, 0.1) is 0 Å². The van der Waals surface area contributed by atoms with Gasteiger partial charge in [0, 0.05) is 5.56 Å². The van der Waals surface area contributed by atoms with Crippen molar-refractivity contribution in [2.45, 2.75) is 0 Å². The van der Waals surface area contributed by atoms with Crippen molar-refractivity contribution in [3.63, 3.8) is 0 Å². The van der Waals surface area contributed by atoms with Crippen LogP contribution in [0.15, 0.2) is 54.9 Å². The lowest BCUT2D eigenvalue weighted by molar-refractivity contribution is 0.0474. The Morgan fingerprint density at radius 1 is 1.08 bits per heavy atom. The van der Waals surface area contributed by atoms with Gasteiger partial charge < -0.3 is 9.47 Å². The van der Waals surface area contributed by atoms with Crippen LogP contribution in [0.5, 0.6) is 5.75 Å². The molecule has 2 aromatic carbocycles. The summed E-state index contributed by atoms with van der Waals surface area (Å²) in [5, 5.41) is 10.8. The highest BCUT2D eigenvalue weighted by Crippen LogP contribution is 2.14. The molecule has 25 heavy (non-hydrogen) atoms. The number of hydrogen-bond acceptors (Lipinski definition) is 7. The number of methoxy groups -OCH3 is 1. The van der Waals surface area contributed by atoms with Crippen LogP contribution in [0.4, 0.5) is 0 Å². The van der Waals surface area contributed by atoms with Gasteiger partial charge in [-0.3, -0.25) is 4.79 Å². The number of Topliss-reactive ketones (excluding diaryl/α,β-unsaturated/α-hetero) is 1. The maximum Gasteiger partial charge on any atom is 0.338 e. The molecule has 0 aliphatic carbocycles. The molecule has 0 amide bonds. The number of hydrogen-bond donors (Lipinski definition) is 0. The van der Waals surface area contributed by atoms with E-state index in [9.17, 15) is 9.59 Å². The van der Waals surface area contributed by atoms with Gasteiger partial charge in [0.25, 0.3) is 0 Å². The monoisotopic (exact) mass is 338 g/mol. The molecule has 8 heteroatoms. The minimum absolute atomic E-state index is 0.308. The van der Waals surface area contributed by atoms with Crippen molar-refractivity contribution >= 4 is 11.8 Å². The second-order valence-corrected chi connectivity index (χ2v) is 5.03. The molecule has 0 saturated heterocycles. The van der Waals surface area contributed by atoms with Crippen molar-refractivity contribution in [3.05, 3.63) is 66.0 Å². The van der Waals surface area contributed by atoms with Gasteiger partial charge in [-0.25, -0.2) is 9.48 Å². The third-order valence-electron chi connectivity index (χ3n) is 3.44. The van der Waals surface area contributed by atoms with E-state index in [0.717, 1.165) is 0 Å². The van der Waals surface area contributed by atoms with E-state index in [1.165, 1.54) is 18.1 Å². The Bertz CT molecular complexity index is 876. The van der Waals surface area contributed by atoms with Gasteiger partial charge >= 0.3 is 5.97 Å². The summed E-state index contributed by atoms with van der Waals surface area (Å²) in [4.78, 5) is 24.2. The van der Waals surface area contributed by atoms with Gasteiger partial charge in [0.1, 0.15) is 12.1 Å². The van der Waals surface area contributed by atoms with E-state index in [-0.39, 0.29) is 12.4 Å². The first kappa shape index (κ1) is 16.3. The number of rotatable bonds is 6. The summed E-state index contributed by atoms with van der Waals surface area (Å²) in [6, 6.07) is 13.2. The Morgan fingerprint density at radius 3 is 2.56 bits per heavy atom. The van der Waals surface area contributed by atoms with Crippen molar-refractivity contribution in [1.29, 1.82) is 0 Å². The summed E-state index contributed by atoms with van der Waals surface area (Å²) >= 11 is 0. The van der Waals surface area contributed by atoms with Crippen LogP contribution in [0.25, 0.3) is 5.69 Å². The number of tetrazole rings is 1. The molecular formula is C17H14N4O4. The van der Waals surface area contributed by atoms with Gasteiger partial charge in [0.15, 0.2) is 12.4 Å². The van der Waals surface area contributed by atoms with Crippen molar-refractivity contribution < 1.29 is 19.1 Å². The molecule has 3 rings (SSSR count). The lowest BCUT2D eigenvalue weighted by atomic mass is 10.1. The fourth-order valence-electron chi connectivity index (χ4n) is 2.12. The summed E-state index contributed by atoms with van der Waals surface area (Å²) in [5.41, 5.74) is 1.45. The van der Waals surface area contributed by atoms with Crippen LogP contribution in [0.2, 0.25) is 0 Å². The molecule has 0 bridgehead atoms. The van der Waals surface area contributed by atoms with E-state index >= 15 is 0 Å². The van der Waals surface area contributed by atoms with Gasteiger partial charge in [-0.05, 0) is 46.8 Å². The molecule has 0 spiro atoms. The second kappa shape index (κ2) is 7.35. The molecule has 0 radical (unpaired) electrons. The molecule has 0 saturated carbocycles. The SMILES string of the molecule is COc1cccc(C(=O)COC(=O)c2ccc(-n3cnnn3)cc2)c1. The van der Waals surface area contributed by atoms with E-state index in [4.69, 9.17) is 9.47 Å². The number of nitrogens with zero attached hydrogens (tertiary/aromatic N) is 4. The van der Waals surface area contributed by atoms with E-state index < -0.39 is 5.97 Å². The Kier molecular flexibility index (Phi) is 4.79. The van der Waals surface area contributed by atoms with Gasteiger partial charge in [-0.15, -0.1) is 5.10 Å². The first-order valence-corrected chi connectivity index (χ1v) is 7.35. The molecule has 1 aromatic heterocycles. The molecule has 3 aromatic rings. The van der Waals surface area contributed by atoms with E-state index in [0.29, 0.717) is 22.6 Å². The van der Waals surface area contributed by atoms with E-state index in [2.05, 4.69) is 15.5 Å². The fourth-order valence-corrected chi connectivity index (χ4v) is 2.12. The second-order valence-electron chi connectivity index (χ2n) is 5.03. The summed E-state index contributed by atoms with van der Waals surface area (Å²) in [5.74, 6) is -0.326. The summed E-state index contributed by atoms with van der Waals surface area (Å²) in [6.07, 6.45) is 1.44. The highest BCUT2D eigenvalue weighted by Gasteiger charge is 2.12. The molecule has 126 valence electrons. The zero-order valence-corrected chi connectivity index (χ0v) is 13.3. The highest BCUT2D eigenvalue weighted by atomic mass is 16.5. The normalized spacial score (nSPS) is 10.3. The Labute approximate surface area is 143 Å². The van der Waals surface area contributed by atoms with Crippen LogP contribution in [0.3, 0.4) is 0 Å². The highest BCUT2D eigenvalue weighted by molar-refractivity contribution is 5.99. The average Bonchev–Trinajstić information content (AvgIpc) is 3.20. The predicted octanol–water partition coefficient (Wildman–Crippen LogP) is 1.71. The van der Waals surface area contributed by atoms with E-state index in [1.807, 2.05) is 0 Å². The number of ether oxygens (including phenoxy) is 2. The average molecular weight is 338 g/mol. The van der Waals surface area contributed by atoms with Gasteiger partial charge in [0.05, 0.1) is 18.4 Å². The van der Waals surface area contributed by atoms with E-state index in [1.54, 1.807) is 48.5 Å². The van der Waals surface area contributed by atoms with Crippen LogP contribution in [0.1, 0.15) is 20.7 Å². The molecule has 0 aliphatic rings. The maximum atomic E-state index is 12.1. The summed E-state index contributed by atoms with van der Waals surface area (Å²) in [7, 11) is 1.52. The first-order valence-electron chi connectivity index (χ1n) is 7.35. The topological polar surface area (TPSA) is 96.2 Å². The number of aromatic nitrogens is 4. The van der Waals surface area contributed by atoms with Crippen molar-refractivity contribution in [3.8, 4) is 11.4 Å². The zero-order chi connectivity index (χ0) is 17.6. The number of carbonyl (C=O) groups is 2. The molecule has 0 unspecified atom stereocenters. The number of carbonyl (C=O) groups excluding carboxylic acids is 2. The lowest BCUT2D eigenvalue weighted by Crippen LogP contribution is -2.14. The summed E-state index contributed by atoms with van der Waals surface area (Å²) in [6.45, 7) is -0.346. The number of benzene rings is 2. The molecule has 0 atom stereocenters. The minimum Gasteiger partial charge on any atom is -0.497 e. The zero-order valence-electron chi connectivity index (χ0n) is 13.3. The maximum absolute atomic E-state index is 12.1. The Hall–Kier alpha value is -3.55. The van der Waals surface area contributed by atoms with Crippen LogP contribution in [-0.4, -0.2) is 45.7 Å². The fraction of sp³-hybridized carbons (Fsp3) is 0.118. The van der Waals surface area contributed by atoms with Crippen LogP contribution in [-0.2, 0) is 4.74 Å². The predicted molar refractivity (Wildman–Crippen MR) is 86.8 cm³/mol. The molecule has 1 heterocycles. The summed E-state index contributed by atoms with van der Waals surface area (Å²) < 4.78 is 11.6. The van der Waals surface area contributed by atoms with Crippen molar-refractivity contribution in [2.24, 2.45) is 0 Å². The quantitative estimate of drug-likeness (QED) is 0.498. The minimum atomic E-state index is -0.584. The third kappa shape index (κ3) is 3.86. The molecule has 0 N–H and O–H groups in total. The first-order chi connectivity index (χ1) is 12.2. The Morgan fingerprint density at radius 2 is 1.88 bits per heavy atom. The van der Waals surface area contributed by atoms with Gasteiger partial charge in [-0.2, -0.15) is 0 Å². The molecule has 0 fully saturated rings. The van der Waals surface area contributed by atoms with Gasteiger partial charge in [-0.1, -0.05) is 12.1 Å². The standard InChI is InChI=1S/C17H14N4O4/c1-24-15-4-2-3-13(9-15)16(22)10-25-17(23)12-5-7-14(8-6-12)21-11-18-19-20-21/h2-9,11H,10H2,1H3. The molecular weight excluding hydrogens is 324 g/mol. The van der Waals surface area contributed by atoms with Crippen LogP contribution < -0.4 is 4.74 Å². The van der Waals surface area contributed by atoms with Crippen molar-refractivity contribution in [2.75, 3.05) is 13.7 Å². The smallest absolute Gasteiger partial charge is 0.338 e. The lowest BCUT2D eigenvalue weighted by Gasteiger charge is -2.06. The third-order valence-corrected chi connectivity index (χ3v) is 3.44. The van der Waals surface area contributed by atoms with Gasteiger partial charge in [0.2, 0.25) is 0 Å². The largest absolute Gasteiger partial charge is 0.497 e. The van der Waals surface area contributed by atoms with Crippen molar-refractivity contribution in [1.82, 2.24) is 20.2 Å².